The van der Waals surface area contributed by atoms with Gasteiger partial charge >= 0.3 is 0 Å². The Balaban J connectivity index is 2.11. The largest absolute Gasteiger partial charge is 0.399 e. The van der Waals surface area contributed by atoms with Crippen LogP contribution in [0.5, 0.6) is 0 Å². The average molecular weight is 275 g/mol. The molecule has 20 heavy (non-hydrogen) atoms. The van der Waals surface area contributed by atoms with E-state index >= 15 is 0 Å². The highest BCUT2D eigenvalue weighted by Crippen LogP contribution is 2.40. The molecule has 1 nitrogen and oxygen atoms in total. The zero-order chi connectivity index (χ0) is 13.5. The minimum Gasteiger partial charge on any atom is -0.399 e. The smallest absolute Gasteiger partial charge is 0.0433 e. The molecule has 1 heterocycles. The lowest BCUT2D eigenvalue weighted by Gasteiger charge is -2.02. The van der Waals surface area contributed by atoms with Gasteiger partial charge in [0.15, 0.2) is 0 Å². The molecular weight excluding hydrogens is 262 g/mol. The highest BCUT2D eigenvalue weighted by Gasteiger charge is 2.09. The molecule has 0 fully saturated rings. The van der Waals surface area contributed by atoms with Crippen LogP contribution in [0.25, 0.3) is 31.3 Å². The minimum absolute atomic E-state index is 0.824. The van der Waals surface area contributed by atoms with Crippen molar-refractivity contribution in [1.82, 2.24) is 0 Å². The second-order valence-electron chi connectivity index (χ2n) is 4.91. The summed E-state index contributed by atoms with van der Waals surface area (Å²) in [5, 5.41) is 2.60. The van der Waals surface area contributed by atoms with E-state index in [0.29, 0.717) is 0 Å². The number of hydrogen-bond acceptors (Lipinski definition) is 2. The van der Waals surface area contributed by atoms with Crippen molar-refractivity contribution in [3.05, 3.63) is 66.7 Å². The quantitative estimate of drug-likeness (QED) is 0.468. The van der Waals surface area contributed by atoms with Gasteiger partial charge in [0.25, 0.3) is 0 Å². The maximum atomic E-state index is 5.90. The molecular formula is C18H13NS. The molecule has 0 aliphatic carbocycles. The summed E-state index contributed by atoms with van der Waals surface area (Å²) in [7, 11) is 0. The van der Waals surface area contributed by atoms with Gasteiger partial charge in [-0.1, -0.05) is 54.6 Å². The average Bonchev–Trinajstić information content (AvgIpc) is 2.85. The topological polar surface area (TPSA) is 26.0 Å². The van der Waals surface area contributed by atoms with Crippen LogP contribution < -0.4 is 5.73 Å². The Kier molecular flexibility index (Phi) is 2.51. The van der Waals surface area contributed by atoms with Gasteiger partial charge in [-0.3, -0.25) is 0 Å². The van der Waals surface area contributed by atoms with E-state index in [1.807, 2.05) is 17.4 Å². The Labute approximate surface area is 121 Å². The number of nitrogens with two attached hydrogens (primary N) is 1. The van der Waals surface area contributed by atoms with Crippen LogP contribution in [-0.2, 0) is 0 Å². The maximum Gasteiger partial charge on any atom is 0.0433 e. The first kappa shape index (κ1) is 11.5. The molecule has 2 heteroatoms. The molecule has 0 aliphatic rings. The molecule has 0 aliphatic heterocycles. The van der Waals surface area contributed by atoms with Gasteiger partial charge in [0.2, 0.25) is 0 Å². The van der Waals surface area contributed by atoms with E-state index in [1.165, 1.54) is 31.3 Å². The van der Waals surface area contributed by atoms with Crippen molar-refractivity contribution in [3.63, 3.8) is 0 Å². The normalized spacial score (nSPS) is 11.2. The predicted molar refractivity (Wildman–Crippen MR) is 89.2 cm³/mol. The van der Waals surface area contributed by atoms with Crippen molar-refractivity contribution in [1.29, 1.82) is 0 Å². The Morgan fingerprint density at radius 1 is 0.750 bits per heavy atom. The lowest BCUT2D eigenvalue weighted by Crippen LogP contribution is -1.81. The number of fused-ring (bicyclic) bond motifs is 3. The number of benzene rings is 3. The zero-order valence-electron chi connectivity index (χ0n) is 10.8. The van der Waals surface area contributed by atoms with Crippen molar-refractivity contribution in [2.45, 2.75) is 0 Å². The molecule has 0 atom stereocenters. The molecule has 0 radical (unpaired) electrons. The molecule has 96 valence electrons. The van der Waals surface area contributed by atoms with Gasteiger partial charge in [-0.25, -0.2) is 0 Å². The summed E-state index contributed by atoms with van der Waals surface area (Å²) in [5.74, 6) is 0. The Bertz CT molecular complexity index is 907. The lowest BCUT2D eigenvalue weighted by atomic mass is 10.0. The van der Waals surface area contributed by atoms with Crippen LogP contribution in [0.1, 0.15) is 0 Å². The Hall–Kier alpha value is -2.32. The van der Waals surface area contributed by atoms with Crippen LogP contribution in [0.2, 0.25) is 0 Å². The summed E-state index contributed by atoms with van der Waals surface area (Å²) in [6, 6.07) is 23.2. The van der Waals surface area contributed by atoms with Crippen molar-refractivity contribution < 1.29 is 0 Å². The van der Waals surface area contributed by atoms with Crippen LogP contribution in [0.4, 0.5) is 5.69 Å². The molecule has 3 aromatic carbocycles. The van der Waals surface area contributed by atoms with E-state index in [-0.39, 0.29) is 0 Å². The molecule has 1 aromatic heterocycles. The number of hydrogen-bond donors (Lipinski definition) is 1. The number of anilines is 1. The van der Waals surface area contributed by atoms with Crippen molar-refractivity contribution in [2.24, 2.45) is 0 Å². The first-order valence-electron chi connectivity index (χ1n) is 6.59. The minimum atomic E-state index is 0.824. The molecule has 4 rings (SSSR count). The van der Waals surface area contributed by atoms with Gasteiger partial charge in [0.05, 0.1) is 0 Å². The number of rotatable bonds is 1. The van der Waals surface area contributed by atoms with E-state index in [0.717, 1.165) is 5.69 Å². The van der Waals surface area contributed by atoms with Gasteiger partial charge in [-0.05, 0) is 23.3 Å². The Morgan fingerprint density at radius 3 is 2.45 bits per heavy atom. The third-order valence-electron chi connectivity index (χ3n) is 3.61. The van der Waals surface area contributed by atoms with E-state index < -0.39 is 0 Å². The molecule has 0 amide bonds. The molecule has 0 bridgehead atoms. The van der Waals surface area contributed by atoms with Crippen molar-refractivity contribution in [2.75, 3.05) is 5.73 Å². The summed E-state index contributed by atoms with van der Waals surface area (Å²) >= 11 is 1.82. The van der Waals surface area contributed by atoms with Crippen molar-refractivity contribution >= 4 is 37.2 Å². The molecule has 0 saturated carbocycles. The van der Waals surface area contributed by atoms with Gasteiger partial charge in [0, 0.05) is 25.9 Å². The summed E-state index contributed by atoms with van der Waals surface area (Å²) in [6.45, 7) is 0. The number of thiophene rings is 1. The van der Waals surface area contributed by atoms with Crippen molar-refractivity contribution in [3.8, 4) is 11.1 Å². The predicted octanol–water partition coefficient (Wildman–Crippen LogP) is 5.30. The number of nitrogen functional groups attached to an aromatic ring is 1. The monoisotopic (exact) mass is 275 g/mol. The zero-order valence-corrected chi connectivity index (χ0v) is 11.7. The molecule has 0 spiro atoms. The van der Waals surface area contributed by atoms with Crippen LogP contribution in [0.3, 0.4) is 0 Å². The standard InChI is InChI=1S/C18H13NS/c19-13-9-10-15-16-8-4-7-14(12-5-2-1-3-6-12)18(16)20-17(15)11-13/h1-11H,19H2. The van der Waals surface area contributed by atoms with Crippen LogP contribution in [-0.4, -0.2) is 0 Å². The van der Waals surface area contributed by atoms with Crippen LogP contribution in [0, 0.1) is 0 Å². The second-order valence-corrected chi connectivity index (χ2v) is 5.96. The molecule has 2 N–H and O–H groups in total. The van der Waals surface area contributed by atoms with Crippen LogP contribution in [0.15, 0.2) is 66.7 Å². The van der Waals surface area contributed by atoms with Gasteiger partial charge < -0.3 is 5.73 Å². The first-order chi connectivity index (χ1) is 9.83. The summed E-state index contributed by atoms with van der Waals surface area (Å²) < 4.78 is 2.59. The fourth-order valence-corrected chi connectivity index (χ4v) is 3.95. The van der Waals surface area contributed by atoms with E-state index in [2.05, 4.69) is 60.7 Å². The van der Waals surface area contributed by atoms with Crippen LogP contribution >= 0.6 is 11.3 Å². The molecule has 4 aromatic rings. The fourth-order valence-electron chi connectivity index (χ4n) is 2.66. The third kappa shape index (κ3) is 1.69. The summed E-state index contributed by atoms with van der Waals surface area (Å²) in [6.07, 6.45) is 0. The summed E-state index contributed by atoms with van der Waals surface area (Å²) in [4.78, 5) is 0. The highest BCUT2D eigenvalue weighted by atomic mass is 32.1. The first-order valence-corrected chi connectivity index (χ1v) is 7.41. The van der Waals surface area contributed by atoms with Gasteiger partial charge in [-0.15, -0.1) is 11.3 Å². The maximum absolute atomic E-state index is 5.90. The van der Waals surface area contributed by atoms with Gasteiger partial charge in [-0.2, -0.15) is 0 Å². The van der Waals surface area contributed by atoms with E-state index in [9.17, 15) is 0 Å². The SMILES string of the molecule is Nc1ccc2c(c1)sc1c(-c3ccccc3)cccc12. The summed E-state index contributed by atoms with van der Waals surface area (Å²) in [5.41, 5.74) is 9.28. The fraction of sp³-hybridized carbons (Fsp3) is 0. The van der Waals surface area contributed by atoms with Gasteiger partial charge in [0.1, 0.15) is 0 Å². The van der Waals surface area contributed by atoms with E-state index in [1.54, 1.807) is 0 Å². The second kappa shape index (κ2) is 4.36. The molecule has 0 unspecified atom stereocenters. The third-order valence-corrected chi connectivity index (χ3v) is 4.81. The molecule has 0 saturated heterocycles. The van der Waals surface area contributed by atoms with E-state index in [4.69, 9.17) is 5.73 Å². The Morgan fingerprint density at radius 2 is 1.60 bits per heavy atom. The highest BCUT2D eigenvalue weighted by molar-refractivity contribution is 7.26. The lowest BCUT2D eigenvalue weighted by molar-refractivity contribution is 1.67.